The van der Waals surface area contributed by atoms with E-state index < -0.39 is 0 Å². The molecule has 3 aromatic heterocycles. The van der Waals surface area contributed by atoms with Crippen molar-refractivity contribution in [2.24, 2.45) is 0 Å². The van der Waals surface area contributed by atoms with E-state index in [4.69, 9.17) is 9.15 Å². The molecule has 0 N–H and O–H groups in total. The smallest absolute Gasteiger partial charge is 0.257 e. The van der Waals surface area contributed by atoms with Crippen molar-refractivity contribution in [1.29, 1.82) is 5.26 Å². The molecule has 110 valence electrons. The van der Waals surface area contributed by atoms with Crippen molar-refractivity contribution in [2.45, 2.75) is 20.5 Å². The first kappa shape index (κ1) is 14.2. The van der Waals surface area contributed by atoms with Crippen molar-refractivity contribution in [3.8, 4) is 22.6 Å². The Bertz CT molecular complexity index is 834. The summed E-state index contributed by atoms with van der Waals surface area (Å²) in [5.74, 6) is 1.30. The summed E-state index contributed by atoms with van der Waals surface area (Å²) in [6.07, 6.45) is 0. The fourth-order valence-electron chi connectivity index (χ4n) is 1.99. The molecule has 0 saturated carbocycles. The number of ether oxygens (including phenoxy) is 1. The average Bonchev–Trinajstić information content (AvgIpc) is 3.15. The molecule has 0 radical (unpaired) electrons. The molecule has 0 fully saturated rings. The summed E-state index contributed by atoms with van der Waals surface area (Å²) < 4.78 is 11.2. The number of aromatic nitrogens is 3. The SMILES string of the molecule is Cc1cc(OCc2nnc(-c3cccs3)o2)c(C#N)c(C)n1. The van der Waals surface area contributed by atoms with Gasteiger partial charge >= 0.3 is 0 Å². The zero-order chi connectivity index (χ0) is 15.5. The maximum absolute atomic E-state index is 9.20. The van der Waals surface area contributed by atoms with Crippen LogP contribution < -0.4 is 4.74 Å². The van der Waals surface area contributed by atoms with Crippen LogP contribution in [0.5, 0.6) is 5.75 Å². The zero-order valence-corrected chi connectivity index (χ0v) is 12.8. The molecule has 0 aromatic carbocycles. The summed E-state index contributed by atoms with van der Waals surface area (Å²) in [4.78, 5) is 5.15. The second-order valence-corrected chi connectivity index (χ2v) is 5.55. The highest BCUT2D eigenvalue weighted by Crippen LogP contribution is 2.25. The van der Waals surface area contributed by atoms with Crippen molar-refractivity contribution < 1.29 is 9.15 Å². The van der Waals surface area contributed by atoms with Crippen molar-refractivity contribution in [3.63, 3.8) is 0 Å². The quantitative estimate of drug-likeness (QED) is 0.735. The largest absolute Gasteiger partial charge is 0.482 e. The van der Waals surface area contributed by atoms with Crippen LogP contribution in [0, 0.1) is 25.2 Å². The van der Waals surface area contributed by atoms with Crippen molar-refractivity contribution >= 4 is 11.3 Å². The number of hydrogen-bond donors (Lipinski definition) is 0. The van der Waals surface area contributed by atoms with Gasteiger partial charge in [-0.15, -0.1) is 21.5 Å². The number of nitrogens with zero attached hydrogens (tertiary/aromatic N) is 4. The molecule has 0 saturated heterocycles. The first-order chi connectivity index (χ1) is 10.7. The molecule has 7 heteroatoms. The van der Waals surface area contributed by atoms with Crippen molar-refractivity contribution in [2.75, 3.05) is 0 Å². The number of rotatable bonds is 4. The Labute approximate surface area is 131 Å². The molecule has 0 bridgehead atoms. The lowest BCUT2D eigenvalue weighted by molar-refractivity contribution is 0.263. The van der Waals surface area contributed by atoms with Gasteiger partial charge in [0.1, 0.15) is 17.4 Å². The van der Waals surface area contributed by atoms with Crippen LogP contribution in [0.15, 0.2) is 28.0 Å². The van der Waals surface area contributed by atoms with Crippen LogP contribution in [-0.4, -0.2) is 15.2 Å². The highest BCUT2D eigenvalue weighted by atomic mass is 32.1. The van der Waals surface area contributed by atoms with Gasteiger partial charge in [0.2, 0.25) is 0 Å². The molecule has 3 rings (SSSR count). The summed E-state index contributed by atoms with van der Waals surface area (Å²) in [5, 5.41) is 19.1. The summed E-state index contributed by atoms with van der Waals surface area (Å²) in [7, 11) is 0. The monoisotopic (exact) mass is 312 g/mol. The van der Waals surface area contributed by atoms with Gasteiger partial charge in [-0.05, 0) is 25.3 Å². The number of pyridine rings is 1. The molecule has 3 heterocycles. The lowest BCUT2D eigenvalue weighted by Crippen LogP contribution is -2.01. The van der Waals surface area contributed by atoms with Crippen LogP contribution >= 0.6 is 11.3 Å². The van der Waals surface area contributed by atoms with Gasteiger partial charge in [-0.2, -0.15) is 5.26 Å². The van der Waals surface area contributed by atoms with Crippen LogP contribution in [0.1, 0.15) is 22.8 Å². The van der Waals surface area contributed by atoms with Gasteiger partial charge in [-0.3, -0.25) is 4.98 Å². The van der Waals surface area contributed by atoms with Crippen LogP contribution in [0.4, 0.5) is 0 Å². The highest BCUT2D eigenvalue weighted by molar-refractivity contribution is 7.13. The number of nitriles is 1. The predicted molar refractivity (Wildman–Crippen MR) is 80.4 cm³/mol. The molecule has 0 unspecified atom stereocenters. The van der Waals surface area contributed by atoms with Crippen LogP contribution in [0.3, 0.4) is 0 Å². The number of hydrogen-bond acceptors (Lipinski definition) is 7. The fraction of sp³-hybridized carbons (Fsp3) is 0.200. The molecule has 3 aromatic rings. The van der Waals surface area contributed by atoms with Gasteiger partial charge in [-0.25, -0.2) is 0 Å². The topological polar surface area (TPSA) is 84.8 Å². The van der Waals surface area contributed by atoms with Gasteiger partial charge in [-0.1, -0.05) is 6.07 Å². The number of aryl methyl sites for hydroxylation is 2. The van der Waals surface area contributed by atoms with Crippen LogP contribution in [-0.2, 0) is 6.61 Å². The standard InChI is InChI=1S/C15H12N4O2S/c1-9-6-12(11(7-16)10(2)17-9)20-8-14-18-19-15(21-14)13-4-3-5-22-13/h3-6H,8H2,1-2H3. The van der Waals surface area contributed by atoms with E-state index in [1.165, 1.54) is 11.3 Å². The van der Waals surface area contributed by atoms with E-state index in [0.717, 1.165) is 10.6 Å². The molecule has 22 heavy (non-hydrogen) atoms. The summed E-state index contributed by atoms with van der Waals surface area (Å²) in [6.45, 7) is 3.73. The lowest BCUT2D eigenvalue weighted by Gasteiger charge is -2.08. The normalized spacial score (nSPS) is 10.4. The summed E-state index contributed by atoms with van der Waals surface area (Å²) in [6, 6.07) is 7.65. The van der Waals surface area contributed by atoms with E-state index in [0.29, 0.717) is 28.8 Å². The van der Waals surface area contributed by atoms with Crippen LogP contribution in [0.25, 0.3) is 10.8 Å². The Morgan fingerprint density at radius 1 is 1.36 bits per heavy atom. The van der Waals surface area contributed by atoms with E-state index in [1.54, 1.807) is 13.0 Å². The molecule has 0 aliphatic heterocycles. The minimum absolute atomic E-state index is 0.107. The predicted octanol–water partition coefficient (Wildman–Crippen LogP) is 3.26. The van der Waals surface area contributed by atoms with Crippen LogP contribution in [0.2, 0.25) is 0 Å². The summed E-state index contributed by atoms with van der Waals surface area (Å²) >= 11 is 1.53. The number of thiophene rings is 1. The minimum atomic E-state index is 0.107. The molecule has 0 amide bonds. The third kappa shape index (κ3) is 2.82. The Balaban J connectivity index is 1.78. The molecule has 0 atom stereocenters. The molecule has 6 nitrogen and oxygen atoms in total. The summed E-state index contributed by atoms with van der Waals surface area (Å²) in [5.41, 5.74) is 1.85. The highest BCUT2D eigenvalue weighted by Gasteiger charge is 2.13. The molecular formula is C15H12N4O2S. The van der Waals surface area contributed by atoms with Gasteiger partial charge in [0.05, 0.1) is 10.6 Å². The van der Waals surface area contributed by atoms with Gasteiger partial charge < -0.3 is 9.15 Å². The Kier molecular flexibility index (Phi) is 3.85. The minimum Gasteiger partial charge on any atom is -0.482 e. The second kappa shape index (κ2) is 5.95. The zero-order valence-electron chi connectivity index (χ0n) is 12.0. The molecule has 0 aliphatic carbocycles. The van der Waals surface area contributed by atoms with E-state index >= 15 is 0 Å². The third-order valence-electron chi connectivity index (χ3n) is 2.95. The third-order valence-corrected chi connectivity index (χ3v) is 3.81. The first-order valence-corrected chi connectivity index (χ1v) is 7.42. The van der Waals surface area contributed by atoms with Crippen molar-refractivity contribution in [3.05, 3.63) is 46.4 Å². The molecule has 0 aliphatic rings. The van der Waals surface area contributed by atoms with Gasteiger partial charge in [0.25, 0.3) is 11.8 Å². The van der Waals surface area contributed by atoms with E-state index in [-0.39, 0.29) is 6.61 Å². The fourth-order valence-corrected chi connectivity index (χ4v) is 2.64. The lowest BCUT2D eigenvalue weighted by atomic mass is 10.2. The second-order valence-electron chi connectivity index (χ2n) is 4.60. The Morgan fingerprint density at radius 3 is 2.95 bits per heavy atom. The van der Waals surface area contributed by atoms with E-state index in [2.05, 4.69) is 21.3 Å². The molecule has 0 spiro atoms. The van der Waals surface area contributed by atoms with E-state index in [1.807, 2.05) is 24.4 Å². The van der Waals surface area contributed by atoms with Crippen molar-refractivity contribution in [1.82, 2.24) is 15.2 Å². The Morgan fingerprint density at radius 2 is 2.23 bits per heavy atom. The maximum atomic E-state index is 9.20. The first-order valence-electron chi connectivity index (χ1n) is 6.55. The molecular weight excluding hydrogens is 300 g/mol. The Hall–Kier alpha value is -2.72. The maximum Gasteiger partial charge on any atom is 0.257 e. The van der Waals surface area contributed by atoms with E-state index in [9.17, 15) is 5.26 Å². The van der Waals surface area contributed by atoms with Gasteiger partial charge in [0.15, 0.2) is 6.61 Å². The average molecular weight is 312 g/mol. The van der Waals surface area contributed by atoms with Gasteiger partial charge in [0, 0.05) is 11.8 Å².